The maximum absolute atomic E-state index is 12.0. The summed E-state index contributed by atoms with van der Waals surface area (Å²) in [6, 6.07) is 8.84. The number of rotatable bonds is 5. The van der Waals surface area contributed by atoms with Crippen molar-refractivity contribution < 1.29 is 4.79 Å². The first-order chi connectivity index (χ1) is 9.16. The Kier molecular flexibility index (Phi) is 4.97. The molecule has 1 aromatic rings. The zero-order valence-corrected chi connectivity index (χ0v) is 11.9. The second-order valence-electron chi connectivity index (χ2n) is 5.48. The first kappa shape index (κ1) is 14.1. The standard InChI is InChI=1S/C16H24N2O/c1-12-6-3-4-8-15(12)13(2)18-16(19)10-9-14-7-5-11-17-14/h3-4,6,8,13-14,17H,5,7,9-11H2,1-2H3,(H,18,19). The van der Waals surface area contributed by atoms with E-state index in [4.69, 9.17) is 0 Å². The fraction of sp³-hybridized carbons (Fsp3) is 0.562. The SMILES string of the molecule is Cc1ccccc1C(C)NC(=O)CCC1CCCN1. The van der Waals surface area contributed by atoms with Gasteiger partial charge in [-0.2, -0.15) is 0 Å². The number of aryl methyl sites for hydroxylation is 1. The zero-order valence-electron chi connectivity index (χ0n) is 11.9. The Morgan fingerprint density at radius 1 is 1.47 bits per heavy atom. The third kappa shape index (κ3) is 4.06. The van der Waals surface area contributed by atoms with Crippen LogP contribution in [0.15, 0.2) is 24.3 Å². The van der Waals surface area contributed by atoms with Crippen LogP contribution in [-0.4, -0.2) is 18.5 Å². The van der Waals surface area contributed by atoms with E-state index in [0.29, 0.717) is 12.5 Å². The van der Waals surface area contributed by atoms with Gasteiger partial charge in [-0.3, -0.25) is 4.79 Å². The second-order valence-corrected chi connectivity index (χ2v) is 5.48. The monoisotopic (exact) mass is 260 g/mol. The fourth-order valence-electron chi connectivity index (χ4n) is 2.77. The molecule has 1 amide bonds. The van der Waals surface area contributed by atoms with Crippen molar-refractivity contribution in [1.82, 2.24) is 10.6 Å². The Hall–Kier alpha value is -1.35. The van der Waals surface area contributed by atoms with E-state index in [1.54, 1.807) is 0 Å². The molecule has 3 nitrogen and oxygen atoms in total. The van der Waals surface area contributed by atoms with Gasteiger partial charge in [-0.25, -0.2) is 0 Å². The van der Waals surface area contributed by atoms with E-state index in [0.717, 1.165) is 13.0 Å². The fourth-order valence-corrected chi connectivity index (χ4v) is 2.77. The van der Waals surface area contributed by atoms with Crippen molar-refractivity contribution in [1.29, 1.82) is 0 Å². The Morgan fingerprint density at radius 3 is 2.95 bits per heavy atom. The third-order valence-electron chi connectivity index (χ3n) is 3.91. The van der Waals surface area contributed by atoms with E-state index >= 15 is 0 Å². The van der Waals surface area contributed by atoms with Gasteiger partial charge >= 0.3 is 0 Å². The van der Waals surface area contributed by atoms with Gasteiger partial charge < -0.3 is 10.6 Å². The Bertz CT molecular complexity index is 425. The van der Waals surface area contributed by atoms with E-state index in [2.05, 4.69) is 29.7 Å². The molecule has 2 rings (SSSR count). The second kappa shape index (κ2) is 6.71. The van der Waals surface area contributed by atoms with Crippen molar-refractivity contribution >= 4 is 5.91 Å². The van der Waals surface area contributed by atoms with Gasteiger partial charge in [0, 0.05) is 12.5 Å². The molecule has 2 atom stereocenters. The van der Waals surface area contributed by atoms with Crippen LogP contribution in [0.1, 0.15) is 49.8 Å². The Morgan fingerprint density at radius 2 is 2.26 bits per heavy atom. The lowest BCUT2D eigenvalue weighted by Crippen LogP contribution is -2.29. The van der Waals surface area contributed by atoms with E-state index in [1.807, 2.05) is 19.1 Å². The van der Waals surface area contributed by atoms with Gasteiger partial charge in [0.05, 0.1) is 6.04 Å². The van der Waals surface area contributed by atoms with Gasteiger partial charge in [-0.1, -0.05) is 24.3 Å². The van der Waals surface area contributed by atoms with Crippen LogP contribution in [0.3, 0.4) is 0 Å². The predicted octanol–water partition coefficient (Wildman–Crippen LogP) is 2.70. The highest BCUT2D eigenvalue weighted by molar-refractivity contribution is 5.76. The van der Waals surface area contributed by atoms with Crippen molar-refractivity contribution in [2.24, 2.45) is 0 Å². The molecule has 1 aliphatic heterocycles. The summed E-state index contributed by atoms with van der Waals surface area (Å²) in [6.07, 6.45) is 4.02. The lowest BCUT2D eigenvalue weighted by molar-refractivity contribution is -0.121. The first-order valence-corrected chi connectivity index (χ1v) is 7.25. The zero-order chi connectivity index (χ0) is 13.7. The summed E-state index contributed by atoms with van der Waals surface area (Å²) < 4.78 is 0. The van der Waals surface area contributed by atoms with Gasteiger partial charge in [0.15, 0.2) is 0 Å². The third-order valence-corrected chi connectivity index (χ3v) is 3.91. The van der Waals surface area contributed by atoms with Crippen molar-refractivity contribution in [2.45, 2.75) is 51.6 Å². The molecule has 104 valence electrons. The largest absolute Gasteiger partial charge is 0.350 e. The average Bonchev–Trinajstić information content (AvgIpc) is 2.90. The number of hydrogen-bond acceptors (Lipinski definition) is 2. The number of carbonyl (C=O) groups excluding carboxylic acids is 1. The normalized spacial score (nSPS) is 20.2. The molecule has 2 unspecified atom stereocenters. The molecular weight excluding hydrogens is 236 g/mol. The molecule has 1 saturated heterocycles. The molecule has 1 fully saturated rings. The molecule has 0 spiro atoms. The summed E-state index contributed by atoms with van der Waals surface area (Å²) >= 11 is 0. The minimum atomic E-state index is 0.0882. The van der Waals surface area contributed by atoms with Crippen molar-refractivity contribution in [3.63, 3.8) is 0 Å². The molecule has 1 aliphatic rings. The minimum absolute atomic E-state index is 0.0882. The quantitative estimate of drug-likeness (QED) is 0.854. The molecule has 1 aromatic carbocycles. The van der Waals surface area contributed by atoms with Crippen molar-refractivity contribution in [3.8, 4) is 0 Å². The van der Waals surface area contributed by atoms with Crippen LogP contribution in [0.2, 0.25) is 0 Å². The summed E-state index contributed by atoms with van der Waals surface area (Å²) in [5.74, 6) is 0.157. The van der Waals surface area contributed by atoms with Crippen LogP contribution in [0, 0.1) is 6.92 Å². The molecule has 1 heterocycles. The van der Waals surface area contributed by atoms with Gasteiger partial charge in [0.1, 0.15) is 0 Å². The summed E-state index contributed by atoms with van der Waals surface area (Å²) in [7, 11) is 0. The summed E-state index contributed by atoms with van der Waals surface area (Å²) in [5, 5.41) is 6.52. The highest BCUT2D eigenvalue weighted by Gasteiger charge is 2.16. The minimum Gasteiger partial charge on any atom is -0.350 e. The van der Waals surface area contributed by atoms with Gasteiger partial charge in [0.25, 0.3) is 0 Å². The number of benzene rings is 1. The number of nitrogens with one attached hydrogen (secondary N) is 2. The molecule has 3 heteroatoms. The van der Waals surface area contributed by atoms with Crippen LogP contribution >= 0.6 is 0 Å². The number of carbonyl (C=O) groups is 1. The van der Waals surface area contributed by atoms with Gasteiger partial charge in [-0.05, 0) is 50.8 Å². The smallest absolute Gasteiger partial charge is 0.220 e. The molecule has 0 aliphatic carbocycles. The topological polar surface area (TPSA) is 41.1 Å². The summed E-state index contributed by atoms with van der Waals surface area (Å²) in [5.41, 5.74) is 2.43. The summed E-state index contributed by atoms with van der Waals surface area (Å²) in [6.45, 7) is 5.24. The van der Waals surface area contributed by atoms with Crippen LogP contribution in [0.5, 0.6) is 0 Å². The molecule has 0 bridgehead atoms. The van der Waals surface area contributed by atoms with Crippen LogP contribution in [-0.2, 0) is 4.79 Å². The van der Waals surface area contributed by atoms with E-state index in [-0.39, 0.29) is 11.9 Å². The van der Waals surface area contributed by atoms with Crippen molar-refractivity contribution in [2.75, 3.05) is 6.54 Å². The number of amides is 1. The molecule has 0 aromatic heterocycles. The first-order valence-electron chi connectivity index (χ1n) is 7.25. The Balaban J connectivity index is 1.79. The highest BCUT2D eigenvalue weighted by Crippen LogP contribution is 2.17. The molecule has 0 radical (unpaired) electrons. The lowest BCUT2D eigenvalue weighted by Gasteiger charge is -2.17. The summed E-state index contributed by atoms with van der Waals surface area (Å²) in [4.78, 5) is 12.0. The van der Waals surface area contributed by atoms with Crippen LogP contribution in [0.25, 0.3) is 0 Å². The number of hydrogen-bond donors (Lipinski definition) is 2. The van der Waals surface area contributed by atoms with Crippen LogP contribution in [0.4, 0.5) is 0 Å². The van der Waals surface area contributed by atoms with Gasteiger partial charge in [0.2, 0.25) is 5.91 Å². The lowest BCUT2D eigenvalue weighted by atomic mass is 10.0. The molecule has 2 N–H and O–H groups in total. The van der Waals surface area contributed by atoms with E-state index in [9.17, 15) is 4.79 Å². The molecular formula is C16H24N2O. The predicted molar refractivity (Wildman–Crippen MR) is 78.0 cm³/mol. The van der Waals surface area contributed by atoms with Crippen molar-refractivity contribution in [3.05, 3.63) is 35.4 Å². The van der Waals surface area contributed by atoms with Gasteiger partial charge in [-0.15, -0.1) is 0 Å². The van der Waals surface area contributed by atoms with Crippen LogP contribution < -0.4 is 10.6 Å². The Labute approximate surface area is 115 Å². The van der Waals surface area contributed by atoms with E-state index < -0.39 is 0 Å². The highest BCUT2D eigenvalue weighted by atomic mass is 16.1. The molecule has 19 heavy (non-hydrogen) atoms. The maximum atomic E-state index is 12.0. The maximum Gasteiger partial charge on any atom is 0.220 e. The average molecular weight is 260 g/mol. The van der Waals surface area contributed by atoms with E-state index in [1.165, 1.54) is 24.0 Å². The molecule has 0 saturated carbocycles.